The molecule has 0 saturated carbocycles. The molecule has 1 aliphatic heterocycles. The van der Waals surface area contributed by atoms with E-state index in [1.54, 1.807) is 49.7 Å². The second kappa shape index (κ2) is 11.5. The first-order chi connectivity index (χ1) is 20.1. The Morgan fingerprint density at radius 3 is 2.57 bits per heavy atom. The number of hydrogen-bond acceptors (Lipinski definition) is 6. The van der Waals surface area contributed by atoms with Gasteiger partial charge in [-0.1, -0.05) is 44.7 Å². The van der Waals surface area contributed by atoms with Crippen LogP contribution < -0.4 is 30.8 Å². The third kappa shape index (κ3) is 5.76. The van der Waals surface area contributed by atoms with Gasteiger partial charge in [-0.25, -0.2) is 15.1 Å². The number of carbonyl (C=O) groups is 3. The number of rotatable bonds is 8. The molecular weight excluding hydrogens is 532 g/mol. The Labute approximate surface area is 244 Å². The number of pyridine rings is 1. The maximum atomic E-state index is 13.8. The molecule has 2 heterocycles. The number of nitrogens with two attached hydrogens (primary N) is 1. The van der Waals surface area contributed by atoms with Gasteiger partial charge in [-0.15, -0.1) is 0 Å². The van der Waals surface area contributed by atoms with Crippen LogP contribution in [-0.4, -0.2) is 24.7 Å². The fourth-order valence-corrected chi connectivity index (χ4v) is 5.85. The van der Waals surface area contributed by atoms with Crippen LogP contribution in [0.5, 0.6) is 11.5 Å². The Bertz CT molecular complexity index is 1590. The average molecular weight is 568 g/mol. The largest absolute Gasteiger partial charge is 0.496 e. The van der Waals surface area contributed by atoms with E-state index in [2.05, 4.69) is 36.0 Å². The van der Waals surface area contributed by atoms with Gasteiger partial charge in [-0.2, -0.15) is 0 Å². The molecule has 2 atom stereocenters. The Kier molecular flexibility index (Phi) is 7.85. The van der Waals surface area contributed by atoms with Crippen LogP contribution in [-0.2, 0) is 16.2 Å². The summed E-state index contributed by atoms with van der Waals surface area (Å²) in [6.45, 7) is 8.42. The number of ketones is 1. The summed E-state index contributed by atoms with van der Waals surface area (Å²) in [5.41, 5.74) is 8.90. The zero-order chi connectivity index (χ0) is 30.0. The smallest absolute Gasteiger partial charge is 0.317 e. The van der Waals surface area contributed by atoms with Crippen molar-refractivity contribution >= 4 is 23.4 Å². The summed E-state index contributed by atoms with van der Waals surface area (Å²) in [5, 5.41) is 6.27. The summed E-state index contributed by atoms with van der Waals surface area (Å²) >= 11 is 0. The number of methoxy groups -OCH3 is 1. The van der Waals surface area contributed by atoms with Crippen molar-refractivity contribution in [3.63, 3.8) is 0 Å². The van der Waals surface area contributed by atoms with Crippen LogP contribution in [0.2, 0.25) is 0 Å². The SMILES string of the molecule is C=C1NC2=C(C(=O)CC(C)(C)C2)C(c2ccc(OC)c(COc3ccccc3C(N)=O)c2)C1C(=O)Nc1cccc[nH+]1. The third-order valence-corrected chi connectivity index (χ3v) is 7.70. The molecular formula is C33H35N4O5+. The number of aromatic nitrogens is 1. The van der Waals surface area contributed by atoms with E-state index in [0.717, 1.165) is 11.3 Å². The maximum Gasteiger partial charge on any atom is 0.317 e. The molecule has 1 aliphatic carbocycles. The highest BCUT2D eigenvalue weighted by Crippen LogP contribution is 2.48. The number of carbonyl (C=O) groups excluding carboxylic acids is 3. The molecule has 9 heteroatoms. The van der Waals surface area contributed by atoms with Gasteiger partial charge in [0, 0.05) is 40.9 Å². The number of anilines is 1. The molecule has 0 saturated heterocycles. The molecule has 0 fully saturated rings. The lowest BCUT2D eigenvalue weighted by molar-refractivity contribution is -0.360. The number of hydrogen-bond donors (Lipinski definition) is 3. The van der Waals surface area contributed by atoms with E-state index in [4.69, 9.17) is 15.2 Å². The number of ether oxygens (including phenoxy) is 2. The number of Topliss-reactive ketones (excluding diaryl/α,β-unsaturated/α-hetero) is 1. The van der Waals surface area contributed by atoms with E-state index in [1.165, 1.54) is 0 Å². The number of para-hydroxylation sites is 1. The number of amides is 2. The summed E-state index contributed by atoms with van der Waals surface area (Å²) < 4.78 is 11.6. The lowest BCUT2D eigenvalue weighted by Gasteiger charge is -2.42. The topological polar surface area (TPSA) is 134 Å². The second-order valence-corrected chi connectivity index (χ2v) is 11.4. The zero-order valence-corrected chi connectivity index (χ0v) is 24.0. The van der Waals surface area contributed by atoms with Gasteiger partial charge in [0.1, 0.15) is 24.0 Å². The molecule has 5 N–H and O–H groups in total. The second-order valence-electron chi connectivity index (χ2n) is 11.4. The third-order valence-electron chi connectivity index (χ3n) is 7.70. The van der Waals surface area contributed by atoms with Crippen molar-refractivity contribution in [1.82, 2.24) is 5.32 Å². The number of allylic oxidation sites excluding steroid dienone is 2. The Hall–Kier alpha value is -4.92. The quantitative estimate of drug-likeness (QED) is 0.372. The van der Waals surface area contributed by atoms with Crippen LogP contribution in [0, 0.1) is 11.3 Å². The summed E-state index contributed by atoms with van der Waals surface area (Å²) in [4.78, 5) is 42.5. The monoisotopic (exact) mass is 567 g/mol. The highest BCUT2D eigenvalue weighted by Gasteiger charge is 2.47. The van der Waals surface area contributed by atoms with Crippen LogP contribution in [0.25, 0.3) is 0 Å². The summed E-state index contributed by atoms with van der Waals surface area (Å²) in [6.07, 6.45) is 2.74. The van der Waals surface area contributed by atoms with Crippen LogP contribution in [0.4, 0.5) is 5.82 Å². The normalized spacial score (nSPS) is 19.4. The van der Waals surface area contributed by atoms with Crippen LogP contribution >= 0.6 is 0 Å². The first-order valence-electron chi connectivity index (χ1n) is 13.8. The molecule has 5 rings (SSSR count). The Balaban J connectivity index is 1.57. The molecule has 0 radical (unpaired) electrons. The van der Waals surface area contributed by atoms with Crippen molar-refractivity contribution in [3.05, 3.63) is 107 Å². The number of benzene rings is 2. The molecule has 2 amide bonds. The standard InChI is InChI=1S/C33H34N4O5/c1-19-28(32(40)37-27-11-7-8-14-35-27)29(30-23(36-19)16-33(2,3)17-24(30)38)20-12-13-25(41-4)21(15-20)18-42-26-10-6-5-9-22(26)31(34)39/h5-15,28-29,36H,1,16-18H2,2-4H3,(H2,34,39)(H,35,37,40)/p+1. The molecule has 0 bridgehead atoms. The number of nitrogens with one attached hydrogen (secondary N) is 3. The van der Waals surface area contributed by atoms with Gasteiger partial charge in [0.05, 0.1) is 18.9 Å². The Morgan fingerprint density at radius 2 is 1.86 bits per heavy atom. The molecule has 2 aliphatic rings. The summed E-state index contributed by atoms with van der Waals surface area (Å²) in [6, 6.07) is 17.7. The highest BCUT2D eigenvalue weighted by atomic mass is 16.5. The molecule has 3 aromatic rings. The van der Waals surface area contributed by atoms with Gasteiger partial charge in [0.2, 0.25) is 0 Å². The minimum absolute atomic E-state index is 0.000623. The fraction of sp³-hybridized carbons (Fsp3) is 0.273. The fourth-order valence-electron chi connectivity index (χ4n) is 5.85. The van der Waals surface area contributed by atoms with Gasteiger partial charge in [-0.3, -0.25) is 9.59 Å². The van der Waals surface area contributed by atoms with Crippen molar-refractivity contribution in [2.45, 2.75) is 39.2 Å². The minimum atomic E-state index is -0.778. The van der Waals surface area contributed by atoms with Gasteiger partial charge in [0.15, 0.2) is 5.78 Å². The number of aromatic amines is 1. The lowest BCUT2D eigenvalue weighted by atomic mass is 9.66. The summed E-state index contributed by atoms with van der Waals surface area (Å²) in [7, 11) is 1.56. The van der Waals surface area contributed by atoms with Gasteiger partial charge in [-0.05, 0) is 47.7 Å². The number of primary amides is 1. The first-order valence-corrected chi connectivity index (χ1v) is 13.8. The van der Waals surface area contributed by atoms with E-state index in [9.17, 15) is 14.4 Å². The van der Waals surface area contributed by atoms with Crippen molar-refractivity contribution < 1.29 is 28.8 Å². The van der Waals surface area contributed by atoms with Crippen molar-refractivity contribution in [2.24, 2.45) is 17.1 Å². The molecule has 216 valence electrons. The predicted octanol–water partition coefficient (Wildman–Crippen LogP) is 4.29. The predicted molar refractivity (Wildman–Crippen MR) is 157 cm³/mol. The molecule has 0 spiro atoms. The molecule has 9 nitrogen and oxygen atoms in total. The average Bonchev–Trinajstić information content (AvgIpc) is 2.95. The molecule has 1 aromatic heterocycles. The minimum Gasteiger partial charge on any atom is -0.496 e. The van der Waals surface area contributed by atoms with Crippen molar-refractivity contribution in [2.75, 3.05) is 12.4 Å². The van der Waals surface area contributed by atoms with E-state index in [0.29, 0.717) is 47.0 Å². The van der Waals surface area contributed by atoms with Crippen LogP contribution in [0.3, 0.4) is 0 Å². The van der Waals surface area contributed by atoms with E-state index in [1.807, 2.05) is 24.3 Å². The zero-order valence-electron chi connectivity index (χ0n) is 24.0. The van der Waals surface area contributed by atoms with Crippen molar-refractivity contribution in [1.29, 1.82) is 0 Å². The molecule has 42 heavy (non-hydrogen) atoms. The number of H-pyrrole nitrogens is 1. The molecule has 2 aromatic carbocycles. The van der Waals surface area contributed by atoms with Gasteiger partial charge >= 0.3 is 5.91 Å². The summed E-state index contributed by atoms with van der Waals surface area (Å²) in [5.74, 6) is -0.826. The van der Waals surface area contributed by atoms with E-state index >= 15 is 0 Å². The molecule has 2 unspecified atom stereocenters. The van der Waals surface area contributed by atoms with Crippen molar-refractivity contribution in [3.8, 4) is 11.5 Å². The Morgan fingerprint density at radius 1 is 1.10 bits per heavy atom. The van der Waals surface area contributed by atoms with Crippen LogP contribution in [0.1, 0.15) is 54.1 Å². The first kappa shape index (κ1) is 28.6. The van der Waals surface area contributed by atoms with Crippen LogP contribution in [0.15, 0.2) is 90.4 Å². The van der Waals surface area contributed by atoms with E-state index < -0.39 is 17.7 Å². The van der Waals surface area contributed by atoms with Gasteiger partial charge < -0.3 is 20.5 Å². The highest BCUT2D eigenvalue weighted by molar-refractivity contribution is 6.03. The maximum absolute atomic E-state index is 13.8. The lowest BCUT2D eigenvalue weighted by Crippen LogP contribution is -2.45. The van der Waals surface area contributed by atoms with E-state index in [-0.39, 0.29) is 29.3 Å². The van der Waals surface area contributed by atoms with Gasteiger partial charge in [0.25, 0.3) is 11.7 Å².